The number of hydrogen-bond donors (Lipinski definition) is 2. The largest absolute Gasteiger partial charge is 0.476 e. The van der Waals surface area contributed by atoms with Gasteiger partial charge in [-0.15, -0.1) is 0 Å². The lowest BCUT2D eigenvalue weighted by Gasteiger charge is -2.34. The standard InChI is InChI=1S/C20H24N4O3/c1-11(2)18-20(26)24(19-15(27-18)8-9-16(21)23-19)10-17(25)22-14-7-5-6-12(3)13(14)4/h5-9,11,18H,10H2,1-4H3,(H2,21,23)(H,22,25). The average Bonchev–Trinajstić information content (AvgIpc) is 2.61. The number of nitrogens with two attached hydrogens (primary N) is 1. The molecular weight excluding hydrogens is 344 g/mol. The highest BCUT2D eigenvalue weighted by Crippen LogP contribution is 2.34. The van der Waals surface area contributed by atoms with Crippen molar-refractivity contribution in [2.45, 2.75) is 33.8 Å². The van der Waals surface area contributed by atoms with Gasteiger partial charge in [0.05, 0.1) is 0 Å². The summed E-state index contributed by atoms with van der Waals surface area (Å²) in [4.78, 5) is 31.1. The zero-order valence-electron chi connectivity index (χ0n) is 15.9. The number of benzene rings is 1. The summed E-state index contributed by atoms with van der Waals surface area (Å²) in [5, 5.41) is 2.88. The summed E-state index contributed by atoms with van der Waals surface area (Å²) in [7, 11) is 0. The molecule has 7 nitrogen and oxygen atoms in total. The molecule has 3 N–H and O–H groups in total. The van der Waals surface area contributed by atoms with E-state index in [1.165, 1.54) is 4.90 Å². The van der Waals surface area contributed by atoms with E-state index in [2.05, 4.69) is 10.3 Å². The van der Waals surface area contributed by atoms with Crippen molar-refractivity contribution in [2.24, 2.45) is 5.92 Å². The highest BCUT2D eigenvalue weighted by Gasteiger charge is 2.38. The quantitative estimate of drug-likeness (QED) is 0.865. The predicted octanol–water partition coefficient (Wildman–Crippen LogP) is 2.67. The molecule has 0 saturated heterocycles. The van der Waals surface area contributed by atoms with Crippen molar-refractivity contribution in [3.05, 3.63) is 41.5 Å². The molecule has 1 aliphatic rings. The molecule has 0 aliphatic carbocycles. The number of nitrogens with one attached hydrogen (secondary N) is 1. The van der Waals surface area contributed by atoms with Crippen molar-refractivity contribution < 1.29 is 14.3 Å². The second-order valence-corrected chi connectivity index (χ2v) is 7.06. The van der Waals surface area contributed by atoms with Gasteiger partial charge >= 0.3 is 0 Å². The van der Waals surface area contributed by atoms with Gasteiger partial charge in [-0.3, -0.25) is 14.5 Å². The SMILES string of the molecule is Cc1cccc(NC(=O)CN2C(=O)C(C(C)C)Oc3ccc(N)nc32)c1C. The number of pyridine rings is 1. The molecule has 2 aromatic rings. The number of rotatable bonds is 4. The van der Waals surface area contributed by atoms with Crippen LogP contribution in [0.2, 0.25) is 0 Å². The van der Waals surface area contributed by atoms with Crippen LogP contribution < -0.4 is 20.7 Å². The number of amides is 2. The number of aryl methyl sites for hydroxylation is 1. The fourth-order valence-electron chi connectivity index (χ4n) is 2.97. The van der Waals surface area contributed by atoms with E-state index in [1.54, 1.807) is 12.1 Å². The monoisotopic (exact) mass is 368 g/mol. The lowest BCUT2D eigenvalue weighted by atomic mass is 10.0. The lowest BCUT2D eigenvalue weighted by molar-refractivity contribution is -0.129. The lowest BCUT2D eigenvalue weighted by Crippen LogP contribution is -2.51. The van der Waals surface area contributed by atoms with E-state index < -0.39 is 6.10 Å². The number of hydrogen-bond acceptors (Lipinski definition) is 5. The Hall–Kier alpha value is -3.09. The Balaban J connectivity index is 1.87. The number of carbonyl (C=O) groups excluding carboxylic acids is 2. The van der Waals surface area contributed by atoms with Crippen LogP contribution in [0.5, 0.6) is 5.75 Å². The maximum Gasteiger partial charge on any atom is 0.270 e. The molecule has 2 heterocycles. The minimum absolute atomic E-state index is 0.0484. The van der Waals surface area contributed by atoms with Crippen LogP contribution in [-0.2, 0) is 9.59 Å². The zero-order chi connectivity index (χ0) is 19.7. The first-order valence-corrected chi connectivity index (χ1v) is 8.88. The molecule has 1 unspecified atom stereocenters. The summed E-state index contributed by atoms with van der Waals surface area (Å²) in [6, 6.07) is 8.98. The Kier molecular flexibility index (Phi) is 5.03. The van der Waals surface area contributed by atoms with Crippen LogP contribution in [0.3, 0.4) is 0 Å². The van der Waals surface area contributed by atoms with Crippen molar-refractivity contribution in [1.82, 2.24) is 4.98 Å². The van der Waals surface area contributed by atoms with E-state index in [1.807, 2.05) is 45.9 Å². The topological polar surface area (TPSA) is 97.5 Å². The average molecular weight is 368 g/mol. The van der Waals surface area contributed by atoms with E-state index in [9.17, 15) is 9.59 Å². The van der Waals surface area contributed by atoms with Gasteiger partial charge in [0, 0.05) is 5.69 Å². The maximum absolute atomic E-state index is 12.9. The maximum atomic E-state index is 12.9. The Morgan fingerprint density at radius 2 is 2.04 bits per heavy atom. The third kappa shape index (κ3) is 3.72. The third-order valence-corrected chi connectivity index (χ3v) is 4.67. The summed E-state index contributed by atoms with van der Waals surface area (Å²) in [5.74, 6) is 0.319. The van der Waals surface area contributed by atoms with Gasteiger partial charge in [0.1, 0.15) is 12.4 Å². The van der Waals surface area contributed by atoms with Gasteiger partial charge in [-0.1, -0.05) is 26.0 Å². The molecule has 7 heteroatoms. The van der Waals surface area contributed by atoms with E-state index in [-0.39, 0.29) is 35.9 Å². The first-order chi connectivity index (χ1) is 12.8. The molecule has 1 atom stereocenters. The molecule has 1 aliphatic heterocycles. The second kappa shape index (κ2) is 7.26. The van der Waals surface area contributed by atoms with Crippen LogP contribution in [0.25, 0.3) is 0 Å². The van der Waals surface area contributed by atoms with Gasteiger partial charge < -0.3 is 15.8 Å². The van der Waals surface area contributed by atoms with Crippen LogP contribution in [0.4, 0.5) is 17.3 Å². The number of ether oxygens (including phenoxy) is 1. The van der Waals surface area contributed by atoms with E-state index >= 15 is 0 Å². The van der Waals surface area contributed by atoms with Gasteiger partial charge in [-0.05, 0) is 49.1 Å². The number of nitrogen functional groups attached to an aromatic ring is 1. The van der Waals surface area contributed by atoms with E-state index in [0.717, 1.165) is 16.8 Å². The normalized spacial score (nSPS) is 16.1. The van der Waals surface area contributed by atoms with E-state index in [4.69, 9.17) is 10.5 Å². The number of carbonyl (C=O) groups is 2. The molecule has 3 rings (SSSR count). The Morgan fingerprint density at radius 3 is 2.74 bits per heavy atom. The summed E-state index contributed by atoms with van der Waals surface area (Å²) in [5.41, 5.74) is 8.56. The van der Waals surface area contributed by atoms with Gasteiger partial charge in [0.2, 0.25) is 5.91 Å². The molecule has 27 heavy (non-hydrogen) atoms. The zero-order valence-corrected chi connectivity index (χ0v) is 15.9. The Bertz CT molecular complexity index is 895. The minimum atomic E-state index is -0.670. The minimum Gasteiger partial charge on any atom is -0.476 e. The van der Waals surface area contributed by atoms with Crippen molar-refractivity contribution in [3.8, 4) is 5.75 Å². The molecule has 0 bridgehead atoms. The fourth-order valence-corrected chi connectivity index (χ4v) is 2.97. The predicted molar refractivity (Wildman–Crippen MR) is 105 cm³/mol. The van der Waals surface area contributed by atoms with Gasteiger partial charge in [-0.25, -0.2) is 4.98 Å². The van der Waals surface area contributed by atoms with Crippen molar-refractivity contribution in [3.63, 3.8) is 0 Å². The summed E-state index contributed by atoms with van der Waals surface area (Å²) in [6.45, 7) is 7.55. The fraction of sp³-hybridized carbons (Fsp3) is 0.350. The molecule has 1 aromatic carbocycles. The van der Waals surface area contributed by atoms with Crippen LogP contribution in [-0.4, -0.2) is 29.4 Å². The van der Waals surface area contributed by atoms with Crippen molar-refractivity contribution in [2.75, 3.05) is 22.5 Å². The Morgan fingerprint density at radius 1 is 1.30 bits per heavy atom. The van der Waals surface area contributed by atoms with E-state index in [0.29, 0.717) is 5.75 Å². The Labute approximate surface area is 158 Å². The van der Waals surface area contributed by atoms with Gasteiger partial charge in [0.15, 0.2) is 17.7 Å². The van der Waals surface area contributed by atoms with Crippen LogP contribution in [0.15, 0.2) is 30.3 Å². The summed E-state index contributed by atoms with van der Waals surface area (Å²) < 4.78 is 5.78. The molecule has 0 fully saturated rings. The number of nitrogens with zero attached hydrogens (tertiary/aromatic N) is 2. The van der Waals surface area contributed by atoms with Crippen molar-refractivity contribution in [1.29, 1.82) is 0 Å². The molecule has 142 valence electrons. The third-order valence-electron chi connectivity index (χ3n) is 4.67. The smallest absolute Gasteiger partial charge is 0.270 e. The number of aromatic nitrogens is 1. The molecular formula is C20H24N4O3. The first-order valence-electron chi connectivity index (χ1n) is 8.88. The second-order valence-electron chi connectivity index (χ2n) is 7.06. The van der Waals surface area contributed by atoms with Crippen molar-refractivity contribution >= 4 is 29.1 Å². The van der Waals surface area contributed by atoms with Crippen LogP contribution in [0.1, 0.15) is 25.0 Å². The molecule has 0 saturated carbocycles. The molecule has 2 amide bonds. The molecule has 0 spiro atoms. The summed E-state index contributed by atoms with van der Waals surface area (Å²) in [6.07, 6.45) is -0.670. The van der Waals surface area contributed by atoms with Gasteiger partial charge in [-0.2, -0.15) is 0 Å². The molecule has 1 aromatic heterocycles. The summed E-state index contributed by atoms with van der Waals surface area (Å²) >= 11 is 0. The van der Waals surface area contributed by atoms with Crippen LogP contribution in [0, 0.1) is 19.8 Å². The number of anilines is 3. The van der Waals surface area contributed by atoms with Crippen LogP contribution >= 0.6 is 0 Å². The highest BCUT2D eigenvalue weighted by molar-refractivity contribution is 6.06. The molecule has 0 radical (unpaired) electrons. The first kappa shape index (κ1) is 18.7. The highest BCUT2D eigenvalue weighted by atomic mass is 16.5. The number of fused-ring (bicyclic) bond motifs is 1. The van der Waals surface area contributed by atoms with Gasteiger partial charge in [0.25, 0.3) is 5.91 Å².